The van der Waals surface area contributed by atoms with E-state index in [9.17, 15) is 18.0 Å². The van der Waals surface area contributed by atoms with Gasteiger partial charge in [-0.25, -0.2) is 0 Å². The number of aryl methyl sites for hydroxylation is 1. The molecule has 0 aliphatic carbocycles. The molecule has 1 aromatic heterocycles. The van der Waals surface area contributed by atoms with Crippen LogP contribution in [0, 0.1) is 6.92 Å². The van der Waals surface area contributed by atoms with E-state index >= 15 is 0 Å². The molecule has 1 amide bonds. The Balaban J connectivity index is 1.61. The molecule has 0 bridgehead atoms. The Morgan fingerprint density at radius 3 is 2.45 bits per heavy atom. The number of nitrogens with one attached hydrogen (secondary N) is 1. The molecule has 0 atom stereocenters. The van der Waals surface area contributed by atoms with Crippen LogP contribution in [0.5, 0.6) is 11.5 Å². The third kappa shape index (κ3) is 5.29. The number of halogens is 3. The molecule has 8 heteroatoms. The van der Waals surface area contributed by atoms with Crippen molar-refractivity contribution in [2.45, 2.75) is 19.7 Å². The van der Waals surface area contributed by atoms with Gasteiger partial charge in [-0.15, -0.1) is 11.3 Å². The summed E-state index contributed by atoms with van der Waals surface area (Å²) < 4.78 is 48.9. The fraction of sp³-hybridized carbons (Fsp3) is 0.190. The van der Waals surface area contributed by atoms with Crippen LogP contribution in [0.3, 0.4) is 0 Å². The van der Waals surface area contributed by atoms with Crippen molar-refractivity contribution in [2.75, 3.05) is 12.4 Å². The molecule has 0 aliphatic rings. The fourth-order valence-corrected chi connectivity index (χ4v) is 3.35. The quantitative estimate of drug-likeness (QED) is 0.538. The van der Waals surface area contributed by atoms with Gasteiger partial charge in [0.15, 0.2) is 11.5 Å². The van der Waals surface area contributed by atoms with Crippen LogP contribution in [0.25, 0.3) is 0 Å². The molecule has 2 aromatic carbocycles. The number of benzene rings is 2. The molecule has 3 rings (SSSR count). The van der Waals surface area contributed by atoms with Crippen LogP contribution in [0.2, 0.25) is 0 Å². The van der Waals surface area contributed by atoms with Gasteiger partial charge in [-0.05, 0) is 60.3 Å². The van der Waals surface area contributed by atoms with Gasteiger partial charge in [0, 0.05) is 11.3 Å². The van der Waals surface area contributed by atoms with Crippen molar-refractivity contribution in [3.05, 3.63) is 75.5 Å². The lowest BCUT2D eigenvalue weighted by atomic mass is 10.2. The third-order valence-electron chi connectivity index (χ3n) is 4.06. The molecular weight excluding hydrogens is 403 g/mol. The monoisotopic (exact) mass is 421 g/mol. The normalized spacial score (nSPS) is 11.2. The number of rotatable bonds is 6. The number of alkyl halides is 3. The summed E-state index contributed by atoms with van der Waals surface area (Å²) in [5.41, 5.74) is 1.37. The Bertz CT molecular complexity index is 997. The Morgan fingerprint density at radius 1 is 1.07 bits per heavy atom. The molecule has 0 spiro atoms. The number of hydrogen-bond donors (Lipinski definition) is 1. The Kier molecular flexibility index (Phi) is 6.12. The molecule has 4 nitrogen and oxygen atoms in total. The zero-order chi connectivity index (χ0) is 21.0. The van der Waals surface area contributed by atoms with Crippen LogP contribution in [0.15, 0.2) is 53.9 Å². The predicted molar refractivity (Wildman–Crippen MR) is 106 cm³/mol. The summed E-state index contributed by atoms with van der Waals surface area (Å²) in [7, 11) is 1.57. The van der Waals surface area contributed by atoms with Crippen molar-refractivity contribution >= 4 is 22.9 Å². The highest BCUT2D eigenvalue weighted by Gasteiger charge is 2.30. The van der Waals surface area contributed by atoms with Gasteiger partial charge in [0.2, 0.25) is 0 Å². The van der Waals surface area contributed by atoms with Crippen molar-refractivity contribution in [2.24, 2.45) is 0 Å². The molecular formula is C21H18F3NO3S. The highest BCUT2D eigenvalue weighted by atomic mass is 32.1. The predicted octanol–water partition coefficient (Wildman–Crippen LogP) is 5.92. The first kappa shape index (κ1) is 20.7. The fourth-order valence-electron chi connectivity index (χ4n) is 2.56. The molecule has 0 saturated heterocycles. The zero-order valence-electron chi connectivity index (χ0n) is 15.7. The molecule has 0 fully saturated rings. The third-order valence-corrected chi connectivity index (χ3v) is 5.04. The van der Waals surface area contributed by atoms with E-state index in [0.29, 0.717) is 22.1 Å². The summed E-state index contributed by atoms with van der Waals surface area (Å²) >= 11 is 1.23. The maximum Gasteiger partial charge on any atom is 0.416 e. The van der Waals surface area contributed by atoms with Gasteiger partial charge in [0.05, 0.1) is 17.6 Å². The zero-order valence-corrected chi connectivity index (χ0v) is 16.5. The average Bonchev–Trinajstić information content (AvgIpc) is 3.16. The summed E-state index contributed by atoms with van der Waals surface area (Å²) in [5.74, 6) is 0.828. The molecule has 0 saturated carbocycles. The highest BCUT2D eigenvalue weighted by Crippen LogP contribution is 2.31. The first-order chi connectivity index (χ1) is 13.8. The van der Waals surface area contributed by atoms with Gasteiger partial charge in [-0.1, -0.05) is 6.07 Å². The second-order valence-corrected chi connectivity index (χ2v) is 7.20. The number of anilines is 1. The summed E-state index contributed by atoms with van der Waals surface area (Å²) in [6.45, 7) is 2.20. The number of thiophene rings is 1. The van der Waals surface area contributed by atoms with Crippen LogP contribution >= 0.6 is 11.3 Å². The summed E-state index contributed by atoms with van der Waals surface area (Å²) in [6, 6.07) is 11.6. The average molecular weight is 421 g/mol. The standard InChI is InChI=1S/C21H18F3NO3S/c1-13-3-8-17(18(9-13)27-2)28-11-14-10-19(29-12-14)20(26)25-16-6-4-15(5-7-16)21(22,23)24/h3-10,12H,11H2,1-2H3,(H,25,26). The lowest BCUT2D eigenvalue weighted by molar-refractivity contribution is -0.137. The minimum atomic E-state index is -4.41. The minimum Gasteiger partial charge on any atom is -0.493 e. The van der Waals surface area contributed by atoms with Gasteiger partial charge in [-0.2, -0.15) is 13.2 Å². The van der Waals surface area contributed by atoms with E-state index < -0.39 is 17.6 Å². The molecule has 1 heterocycles. The van der Waals surface area contributed by atoms with Crippen LogP contribution < -0.4 is 14.8 Å². The van der Waals surface area contributed by atoms with Crippen LogP contribution in [0.4, 0.5) is 18.9 Å². The van der Waals surface area contributed by atoms with Gasteiger partial charge in [0.25, 0.3) is 5.91 Å². The van der Waals surface area contributed by atoms with Crippen LogP contribution in [-0.4, -0.2) is 13.0 Å². The molecule has 29 heavy (non-hydrogen) atoms. The topological polar surface area (TPSA) is 47.6 Å². The van der Waals surface area contributed by atoms with Crippen molar-refractivity contribution in [1.29, 1.82) is 0 Å². The van der Waals surface area contributed by atoms with Gasteiger partial charge >= 0.3 is 6.18 Å². The molecule has 152 valence electrons. The molecule has 1 N–H and O–H groups in total. The van der Waals surface area contributed by atoms with Crippen LogP contribution in [-0.2, 0) is 12.8 Å². The van der Waals surface area contributed by atoms with E-state index in [2.05, 4.69) is 5.32 Å². The summed E-state index contributed by atoms with van der Waals surface area (Å²) in [4.78, 5) is 12.8. The van der Waals surface area contributed by atoms with Crippen molar-refractivity contribution in [3.8, 4) is 11.5 Å². The van der Waals surface area contributed by atoms with E-state index in [1.807, 2.05) is 25.1 Å². The summed E-state index contributed by atoms with van der Waals surface area (Å²) in [5, 5.41) is 4.39. The smallest absolute Gasteiger partial charge is 0.416 e. The van der Waals surface area contributed by atoms with Gasteiger partial charge in [-0.3, -0.25) is 4.79 Å². The highest BCUT2D eigenvalue weighted by molar-refractivity contribution is 7.12. The van der Waals surface area contributed by atoms with E-state index in [4.69, 9.17) is 9.47 Å². The Morgan fingerprint density at radius 2 is 1.79 bits per heavy atom. The van der Waals surface area contributed by atoms with E-state index in [1.165, 1.54) is 23.5 Å². The second-order valence-electron chi connectivity index (χ2n) is 6.29. The maximum absolute atomic E-state index is 12.6. The largest absolute Gasteiger partial charge is 0.493 e. The number of hydrogen-bond acceptors (Lipinski definition) is 4. The number of ether oxygens (including phenoxy) is 2. The first-order valence-corrected chi connectivity index (χ1v) is 9.47. The van der Waals surface area contributed by atoms with E-state index in [1.54, 1.807) is 18.6 Å². The van der Waals surface area contributed by atoms with Crippen molar-refractivity contribution in [3.63, 3.8) is 0 Å². The minimum absolute atomic E-state index is 0.253. The SMILES string of the molecule is COc1cc(C)ccc1OCc1csc(C(=O)Nc2ccc(C(F)(F)F)cc2)c1. The van der Waals surface area contributed by atoms with E-state index in [0.717, 1.165) is 23.3 Å². The Labute approximate surface area is 169 Å². The van der Waals surface area contributed by atoms with Crippen molar-refractivity contribution in [1.82, 2.24) is 0 Å². The number of carbonyl (C=O) groups excluding carboxylic acids is 1. The molecule has 3 aromatic rings. The first-order valence-electron chi connectivity index (χ1n) is 8.60. The molecule has 0 radical (unpaired) electrons. The maximum atomic E-state index is 12.6. The number of carbonyl (C=O) groups is 1. The van der Waals surface area contributed by atoms with Gasteiger partial charge < -0.3 is 14.8 Å². The lowest BCUT2D eigenvalue weighted by Crippen LogP contribution is -2.11. The van der Waals surface area contributed by atoms with Gasteiger partial charge in [0.1, 0.15) is 6.61 Å². The second kappa shape index (κ2) is 8.57. The van der Waals surface area contributed by atoms with Crippen LogP contribution in [0.1, 0.15) is 26.4 Å². The van der Waals surface area contributed by atoms with Crippen molar-refractivity contribution < 1.29 is 27.4 Å². The molecule has 0 aliphatic heterocycles. The number of amides is 1. The molecule has 0 unspecified atom stereocenters. The Hall–Kier alpha value is -3.00. The van der Waals surface area contributed by atoms with E-state index in [-0.39, 0.29) is 6.61 Å². The lowest BCUT2D eigenvalue weighted by Gasteiger charge is -2.10. The number of methoxy groups -OCH3 is 1. The summed E-state index contributed by atoms with van der Waals surface area (Å²) in [6.07, 6.45) is -4.41.